The topological polar surface area (TPSA) is 26.0 Å². The van der Waals surface area contributed by atoms with Crippen LogP contribution in [0, 0.1) is 0 Å². The Morgan fingerprint density at radius 3 is 1.72 bits per heavy atom. The summed E-state index contributed by atoms with van der Waals surface area (Å²) in [5, 5.41) is 2.36. The van der Waals surface area contributed by atoms with Gasteiger partial charge < -0.3 is 4.42 Å². The highest BCUT2D eigenvalue weighted by molar-refractivity contribution is 6.09. The summed E-state index contributed by atoms with van der Waals surface area (Å²) >= 11 is 0. The van der Waals surface area contributed by atoms with Crippen molar-refractivity contribution in [3.8, 4) is 55.9 Å². The molecule has 9 rings (SSSR count). The number of hydrogen-bond acceptors (Lipinski definition) is 2. The van der Waals surface area contributed by atoms with E-state index in [9.17, 15) is 0 Å². The van der Waals surface area contributed by atoms with Gasteiger partial charge in [0.1, 0.15) is 11.2 Å². The molecule has 46 heavy (non-hydrogen) atoms. The van der Waals surface area contributed by atoms with Crippen molar-refractivity contribution >= 4 is 21.9 Å². The summed E-state index contributed by atoms with van der Waals surface area (Å²) in [6, 6.07) is 54.0. The van der Waals surface area contributed by atoms with Crippen LogP contribution >= 0.6 is 0 Å². The molecule has 0 atom stereocenters. The van der Waals surface area contributed by atoms with E-state index in [-0.39, 0.29) is 5.41 Å². The Hall–Kier alpha value is -5.73. The Morgan fingerprint density at radius 2 is 1.04 bits per heavy atom. The monoisotopic (exact) mass is 589 g/mol. The van der Waals surface area contributed by atoms with E-state index in [2.05, 4.69) is 147 Å². The zero-order chi connectivity index (χ0) is 30.8. The van der Waals surface area contributed by atoms with Crippen LogP contribution in [0.4, 0.5) is 0 Å². The van der Waals surface area contributed by atoms with Crippen LogP contribution in [-0.4, -0.2) is 4.98 Å². The summed E-state index contributed by atoms with van der Waals surface area (Å²) in [4.78, 5) is 5.05. The van der Waals surface area contributed by atoms with E-state index in [0.717, 1.165) is 39.2 Å². The summed E-state index contributed by atoms with van der Waals surface area (Å²) in [5.74, 6) is 0. The number of nitrogens with zero attached hydrogens (tertiary/aromatic N) is 1. The molecular weight excluding hydrogens is 558 g/mol. The average molecular weight is 590 g/mol. The predicted molar refractivity (Wildman–Crippen MR) is 191 cm³/mol. The maximum absolute atomic E-state index is 6.50. The number of para-hydroxylation sites is 1. The lowest BCUT2D eigenvalue weighted by atomic mass is 9.81. The van der Waals surface area contributed by atoms with Crippen LogP contribution in [0.25, 0.3) is 77.8 Å². The third-order valence-electron chi connectivity index (χ3n) is 9.67. The van der Waals surface area contributed by atoms with Gasteiger partial charge >= 0.3 is 0 Å². The fraction of sp³-hybridized carbons (Fsp3) is 0.0682. The highest BCUT2D eigenvalue weighted by atomic mass is 16.3. The minimum atomic E-state index is -0.158. The first-order chi connectivity index (χ1) is 22.5. The van der Waals surface area contributed by atoms with Crippen molar-refractivity contribution in [3.63, 3.8) is 0 Å². The molecule has 0 amide bonds. The molecule has 1 aliphatic rings. The molecule has 1 aliphatic carbocycles. The summed E-state index contributed by atoms with van der Waals surface area (Å²) in [5.41, 5.74) is 15.9. The second-order valence-electron chi connectivity index (χ2n) is 12.8. The first kappa shape index (κ1) is 26.7. The Morgan fingerprint density at radius 1 is 0.457 bits per heavy atom. The van der Waals surface area contributed by atoms with E-state index in [4.69, 9.17) is 9.40 Å². The van der Waals surface area contributed by atoms with Gasteiger partial charge in [-0.05, 0) is 69.3 Å². The Bertz CT molecular complexity index is 2360. The SMILES string of the molecule is CC1(C)c2ccc(-c3ccc(-c4cc(-c5ccccc5)nc(-c5ccccc5)c4)cc3)cc2-c2ccc3c(oc4ccccc43)c21. The van der Waals surface area contributed by atoms with Gasteiger partial charge in [0.05, 0.1) is 11.4 Å². The third-order valence-corrected chi connectivity index (χ3v) is 9.67. The van der Waals surface area contributed by atoms with E-state index < -0.39 is 0 Å². The molecule has 2 heteroatoms. The van der Waals surface area contributed by atoms with Crippen LogP contribution < -0.4 is 0 Å². The van der Waals surface area contributed by atoms with Crippen molar-refractivity contribution in [2.24, 2.45) is 0 Å². The molecule has 0 N–H and O–H groups in total. The molecule has 218 valence electrons. The van der Waals surface area contributed by atoms with Crippen molar-refractivity contribution in [3.05, 3.63) is 163 Å². The molecule has 6 aromatic carbocycles. The highest BCUT2D eigenvalue weighted by Crippen LogP contribution is 2.53. The van der Waals surface area contributed by atoms with Gasteiger partial charge in [0.15, 0.2) is 0 Å². The second-order valence-corrected chi connectivity index (χ2v) is 12.8. The highest BCUT2D eigenvalue weighted by Gasteiger charge is 2.38. The van der Waals surface area contributed by atoms with Crippen molar-refractivity contribution in [2.45, 2.75) is 19.3 Å². The number of furan rings is 1. The van der Waals surface area contributed by atoms with Crippen molar-refractivity contribution in [1.29, 1.82) is 0 Å². The van der Waals surface area contributed by atoms with Crippen LogP contribution in [0.5, 0.6) is 0 Å². The van der Waals surface area contributed by atoms with Gasteiger partial charge in [0.25, 0.3) is 0 Å². The van der Waals surface area contributed by atoms with Gasteiger partial charge in [-0.25, -0.2) is 4.98 Å². The van der Waals surface area contributed by atoms with Gasteiger partial charge in [-0.3, -0.25) is 0 Å². The minimum Gasteiger partial charge on any atom is -0.456 e. The van der Waals surface area contributed by atoms with E-state index in [0.29, 0.717) is 0 Å². The molecule has 0 spiro atoms. The molecule has 0 unspecified atom stereocenters. The number of fused-ring (bicyclic) bond motifs is 7. The lowest BCUT2D eigenvalue weighted by Crippen LogP contribution is -2.15. The van der Waals surface area contributed by atoms with Gasteiger partial charge in [-0.1, -0.05) is 135 Å². The van der Waals surface area contributed by atoms with E-state index >= 15 is 0 Å². The van der Waals surface area contributed by atoms with E-state index in [1.807, 2.05) is 18.2 Å². The number of pyridine rings is 1. The summed E-state index contributed by atoms with van der Waals surface area (Å²) < 4.78 is 6.50. The largest absolute Gasteiger partial charge is 0.456 e. The first-order valence-corrected chi connectivity index (χ1v) is 15.9. The van der Waals surface area contributed by atoms with Crippen LogP contribution in [0.15, 0.2) is 156 Å². The van der Waals surface area contributed by atoms with Crippen LogP contribution in [-0.2, 0) is 5.41 Å². The fourth-order valence-corrected chi connectivity index (χ4v) is 7.33. The standard InChI is InChI=1S/C44H31NO/c1-44(2)38-24-21-32(25-37(38)35-22-23-36-34-15-9-10-16-41(34)46-43(36)42(35)44)28-17-19-29(20-18-28)33-26-39(30-11-5-3-6-12-30)45-40(27-33)31-13-7-4-8-14-31/h3-27H,1-2H3. The number of hydrogen-bond donors (Lipinski definition) is 0. The maximum atomic E-state index is 6.50. The second kappa shape index (κ2) is 10.2. The molecule has 0 radical (unpaired) electrons. The molecule has 0 saturated carbocycles. The van der Waals surface area contributed by atoms with Crippen molar-refractivity contribution in [1.82, 2.24) is 4.98 Å². The van der Waals surface area contributed by atoms with Crippen LogP contribution in [0.1, 0.15) is 25.0 Å². The molecule has 2 aromatic heterocycles. The summed E-state index contributed by atoms with van der Waals surface area (Å²) in [7, 11) is 0. The number of benzene rings is 6. The number of rotatable bonds is 4. The van der Waals surface area contributed by atoms with Crippen molar-refractivity contribution in [2.75, 3.05) is 0 Å². The minimum absolute atomic E-state index is 0.158. The van der Waals surface area contributed by atoms with Gasteiger partial charge in [0.2, 0.25) is 0 Å². The van der Waals surface area contributed by atoms with Crippen LogP contribution in [0.2, 0.25) is 0 Å². The average Bonchev–Trinajstić information content (AvgIpc) is 3.60. The molecule has 0 aliphatic heterocycles. The Kier molecular flexibility index (Phi) is 5.88. The van der Waals surface area contributed by atoms with E-state index in [1.54, 1.807) is 0 Å². The molecule has 2 heterocycles. The normalized spacial score (nSPS) is 13.2. The Labute approximate surface area is 268 Å². The van der Waals surface area contributed by atoms with Gasteiger partial charge in [0, 0.05) is 32.9 Å². The zero-order valence-electron chi connectivity index (χ0n) is 25.8. The molecule has 8 aromatic rings. The van der Waals surface area contributed by atoms with Gasteiger partial charge in [-0.2, -0.15) is 0 Å². The number of aromatic nitrogens is 1. The predicted octanol–water partition coefficient (Wildman–Crippen LogP) is 12.0. The van der Waals surface area contributed by atoms with E-state index in [1.165, 1.54) is 49.7 Å². The van der Waals surface area contributed by atoms with Gasteiger partial charge in [-0.15, -0.1) is 0 Å². The lowest BCUT2D eigenvalue weighted by molar-refractivity contribution is 0.620. The summed E-state index contributed by atoms with van der Waals surface area (Å²) in [6.07, 6.45) is 0. The molecule has 0 fully saturated rings. The van der Waals surface area contributed by atoms with Crippen LogP contribution in [0.3, 0.4) is 0 Å². The molecule has 0 bridgehead atoms. The smallest absolute Gasteiger partial charge is 0.140 e. The maximum Gasteiger partial charge on any atom is 0.140 e. The quantitative estimate of drug-likeness (QED) is 0.204. The molecular formula is C44H31NO. The molecule has 0 saturated heterocycles. The molecule has 2 nitrogen and oxygen atoms in total. The summed E-state index contributed by atoms with van der Waals surface area (Å²) in [6.45, 7) is 4.64. The van der Waals surface area contributed by atoms with Crippen molar-refractivity contribution < 1.29 is 4.42 Å². The first-order valence-electron chi connectivity index (χ1n) is 15.9. The fourth-order valence-electron chi connectivity index (χ4n) is 7.33. The lowest BCUT2D eigenvalue weighted by Gasteiger charge is -2.21. The third kappa shape index (κ3) is 4.14. The zero-order valence-corrected chi connectivity index (χ0v) is 25.8. The Balaban J connectivity index is 1.12.